The van der Waals surface area contributed by atoms with Crippen molar-refractivity contribution in [3.63, 3.8) is 0 Å². The lowest BCUT2D eigenvalue weighted by atomic mass is 9.92. The maximum absolute atomic E-state index is 10.8. The first-order valence-electron chi connectivity index (χ1n) is 8.67. The van der Waals surface area contributed by atoms with E-state index in [-0.39, 0.29) is 0 Å². The van der Waals surface area contributed by atoms with E-state index in [0.717, 1.165) is 62.5 Å². The summed E-state index contributed by atoms with van der Waals surface area (Å²) in [6.45, 7) is 2.69. The van der Waals surface area contributed by atoms with Gasteiger partial charge in [-0.05, 0) is 55.9 Å². The molecule has 0 bridgehead atoms. The van der Waals surface area contributed by atoms with Gasteiger partial charge in [0.15, 0.2) is 11.0 Å². The predicted molar refractivity (Wildman–Crippen MR) is 98.5 cm³/mol. The molecule has 0 spiro atoms. The average Bonchev–Trinajstić information content (AvgIpc) is 2.67. The highest BCUT2D eigenvalue weighted by molar-refractivity contribution is 6.29. The summed E-state index contributed by atoms with van der Waals surface area (Å²) >= 11 is 5.78. The van der Waals surface area contributed by atoms with Crippen molar-refractivity contribution in [1.29, 1.82) is 0 Å². The number of anilines is 1. The Kier molecular flexibility index (Phi) is 6.23. The van der Waals surface area contributed by atoms with Gasteiger partial charge in [0.1, 0.15) is 12.0 Å². The van der Waals surface area contributed by atoms with Crippen LogP contribution >= 0.6 is 11.6 Å². The highest BCUT2D eigenvalue weighted by atomic mass is 35.5. The second kappa shape index (κ2) is 8.81. The van der Waals surface area contributed by atoms with E-state index in [1.807, 2.05) is 18.2 Å². The molecule has 2 heterocycles. The maximum atomic E-state index is 10.8. The number of nitrogens with zero attached hydrogens (tertiary/aromatic N) is 3. The van der Waals surface area contributed by atoms with Gasteiger partial charge in [-0.2, -0.15) is 0 Å². The first kappa shape index (κ1) is 17.7. The number of benzene rings is 1. The Hall–Kier alpha value is -2.14. The molecule has 0 saturated carbocycles. The van der Waals surface area contributed by atoms with Gasteiger partial charge in [-0.1, -0.05) is 23.7 Å². The minimum absolute atomic E-state index is 0.428. The van der Waals surface area contributed by atoms with Gasteiger partial charge in [-0.3, -0.25) is 4.79 Å². The zero-order valence-corrected chi connectivity index (χ0v) is 14.9. The van der Waals surface area contributed by atoms with Crippen LogP contribution in [0.4, 0.5) is 5.82 Å². The Bertz CT molecular complexity index is 685. The molecule has 1 fully saturated rings. The summed E-state index contributed by atoms with van der Waals surface area (Å²) in [5.74, 6) is 2.39. The van der Waals surface area contributed by atoms with E-state index in [9.17, 15) is 4.79 Å². The molecule has 3 rings (SSSR count). The first-order valence-corrected chi connectivity index (χ1v) is 9.04. The number of aldehydes is 1. The lowest BCUT2D eigenvalue weighted by Crippen LogP contribution is -2.34. The predicted octanol–water partition coefficient (Wildman–Crippen LogP) is 4.02. The third-order valence-corrected chi connectivity index (χ3v) is 4.78. The molecule has 1 aliphatic heterocycles. The monoisotopic (exact) mass is 359 g/mol. The Morgan fingerprint density at radius 2 is 2.04 bits per heavy atom. The number of piperidine rings is 1. The van der Waals surface area contributed by atoms with Gasteiger partial charge < -0.3 is 9.64 Å². The van der Waals surface area contributed by atoms with Gasteiger partial charge in [-0.15, -0.1) is 10.2 Å². The van der Waals surface area contributed by atoms with Crippen LogP contribution < -0.4 is 9.64 Å². The summed E-state index contributed by atoms with van der Waals surface area (Å²) in [6.07, 6.45) is 5.34. The molecule has 0 radical (unpaired) electrons. The van der Waals surface area contributed by atoms with Crippen LogP contribution in [-0.2, 0) is 0 Å². The number of hydrogen-bond acceptors (Lipinski definition) is 5. The van der Waals surface area contributed by atoms with Crippen LogP contribution in [0, 0.1) is 5.92 Å². The molecule has 0 aliphatic carbocycles. The van der Waals surface area contributed by atoms with E-state index < -0.39 is 0 Å². The summed E-state index contributed by atoms with van der Waals surface area (Å²) in [4.78, 5) is 13.0. The standard InChI is InChI=1S/C19H22ClN3O2/c20-18-6-7-19(22-21-18)23-10-8-15(9-11-23)4-2-12-25-17-5-1-3-16(13-17)14-24/h1,3,5-7,13-15H,2,4,8-12H2. The van der Waals surface area contributed by atoms with Crippen LogP contribution in [0.1, 0.15) is 36.0 Å². The highest BCUT2D eigenvalue weighted by Crippen LogP contribution is 2.25. The Labute approximate surface area is 153 Å². The zero-order chi connectivity index (χ0) is 17.5. The van der Waals surface area contributed by atoms with E-state index in [4.69, 9.17) is 16.3 Å². The summed E-state index contributed by atoms with van der Waals surface area (Å²) in [5, 5.41) is 8.49. The molecule has 6 heteroatoms. The van der Waals surface area contributed by atoms with Gasteiger partial charge in [0.25, 0.3) is 0 Å². The number of halogens is 1. The third kappa shape index (κ3) is 5.16. The fourth-order valence-corrected chi connectivity index (χ4v) is 3.27. The van der Waals surface area contributed by atoms with Crippen molar-refractivity contribution in [3.8, 4) is 5.75 Å². The van der Waals surface area contributed by atoms with Gasteiger partial charge in [0, 0.05) is 18.7 Å². The van der Waals surface area contributed by atoms with Crippen LogP contribution in [0.5, 0.6) is 5.75 Å². The van der Waals surface area contributed by atoms with Crippen molar-refractivity contribution < 1.29 is 9.53 Å². The summed E-state index contributed by atoms with van der Waals surface area (Å²) in [6, 6.07) is 11.0. The van der Waals surface area contributed by atoms with Crippen molar-refractivity contribution in [1.82, 2.24) is 10.2 Å². The second-order valence-corrected chi connectivity index (χ2v) is 6.71. The molecule has 0 N–H and O–H groups in total. The van der Waals surface area contributed by atoms with Crippen molar-refractivity contribution in [3.05, 3.63) is 47.1 Å². The van der Waals surface area contributed by atoms with Crippen molar-refractivity contribution in [2.45, 2.75) is 25.7 Å². The molecule has 1 saturated heterocycles. The van der Waals surface area contributed by atoms with Gasteiger partial charge in [-0.25, -0.2) is 0 Å². The SMILES string of the molecule is O=Cc1cccc(OCCCC2CCN(c3ccc(Cl)nn3)CC2)c1. The average molecular weight is 360 g/mol. The summed E-state index contributed by atoms with van der Waals surface area (Å²) in [7, 11) is 0. The normalized spacial score (nSPS) is 15.2. The molecule has 0 atom stereocenters. The number of carbonyl (C=O) groups excluding carboxylic acids is 1. The Morgan fingerprint density at radius 1 is 1.20 bits per heavy atom. The molecule has 25 heavy (non-hydrogen) atoms. The molecular formula is C19H22ClN3O2. The second-order valence-electron chi connectivity index (χ2n) is 6.33. The zero-order valence-electron chi connectivity index (χ0n) is 14.1. The number of hydrogen-bond donors (Lipinski definition) is 0. The van der Waals surface area contributed by atoms with Crippen LogP contribution in [0.25, 0.3) is 0 Å². The maximum Gasteiger partial charge on any atom is 0.151 e. The van der Waals surface area contributed by atoms with E-state index in [0.29, 0.717) is 17.3 Å². The molecule has 0 amide bonds. The van der Waals surface area contributed by atoms with Crippen LogP contribution in [0.3, 0.4) is 0 Å². The van der Waals surface area contributed by atoms with E-state index in [1.54, 1.807) is 18.2 Å². The van der Waals surface area contributed by atoms with Gasteiger partial charge in [0.2, 0.25) is 0 Å². The molecular weight excluding hydrogens is 338 g/mol. The summed E-state index contributed by atoms with van der Waals surface area (Å²) in [5.41, 5.74) is 0.648. The molecule has 1 aromatic heterocycles. The first-order chi connectivity index (χ1) is 12.2. The van der Waals surface area contributed by atoms with Crippen molar-refractivity contribution in [2.24, 2.45) is 5.92 Å². The molecule has 1 aromatic carbocycles. The number of aromatic nitrogens is 2. The third-order valence-electron chi connectivity index (χ3n) is 4.58. The minimum Gasteiger partial charge on any atom is -0.494 e. The Balaban J connectivity index is 1.36. The van der Waals surface area contributed by atoms with E-state index in [1.165, 1.54) is 0 Å². The van der Waals surface area contributed by atoms with Crippen LogP contribution in [0.15, 0.2) is 36.4 Å². The quantitative estimate of drug-likeness (QED) is 0.552. The smallest absolute Gasteiger partial charge is 0.151 e. The lowest BCUT2D eigenvalue weighted by Gasteiger charge is -2.32. The topological polar surface area (TPSA) is 55.3 Å². The number of rotatable bonds is 7. The molecule has 2 aromatic rings. The molecule has 0 unspecified atom stereocenters. The van der Waals surface area contributed by atoms with Gasteiger partial charge in [0.05, 0.1) is 6.61 Å². The van der Waals surface area contributed by atoms with E-state index in [2.05, 4.69) is 15.1 Å². The minimum atomic E-state index is 0.428. The van der Waals surface area contributed by atoms with E-state index >= 15 is 0 Å². The molecule has 132 valence electrons. The Morgan fingerprint density at radius 3 is 2.76 bits per heavy atom. The fourth-order valence-electron chi connectivity index (χ4n) is 3.17. The fraction of sp³-hybridized carbons (Fsp3) is 0.421. The highest BCUT2D eigenvalue weighted by Gasteiger charge is 2.20. The molecule has 1 aliphatic rings. The molecule has 5 nitrogen and oxygen atoms in total. The van der Waals surface area contributed by atoms with Crippen molar-refractivity contribution >= 4 is 23.7 Å². The van der Waals surface area contributed by atoms with Crippen LogP contribution in [-0.4, -0.2) is 36.2 Å². The largest absolute Gasteiger partial charge is 0.494 e. The number of ether oxygens (including phenoxy) is 1. The van der Waals surface area contributed by atoms with Crippen LogP contribution in [0.2, 0.25) is 5.15 Å². The van der Waals surface area contributed by atoms with Crippen molar-refractivity contribution in [2.75, 3.05) is 24.6 Å². The number of carbonyl (C=O) groups is 1. The van der Waals surface area contributed by atoms with Gasteiger partial charge >= 0.3 is 0 Å². The lowest BCUT2D eigenvalue weighted by molar-refractivity contribution is 0.112. The summed E-state index contributed by atoms with van der Waals surface area (Å²) < 4.78 is 5.74.